The highest BCUT2D eigenvalue weighted by Gasteiger charge is 2.11. The number of phenolic OH excluding ortho intramolecular Hbond substituents is 1. The van der Waals surface area contributed by atoms with Crippen LogP contribution < -0.4 is 5.32 Å². The monoisotopic (exact) mass is 367 g/mol. The van der Waals surface area contributed by atoms with Crippen molar-refractivity contribution in [1.29, 1.82) is 0 Å². The van der Waals surface area contributed by atoms with Gasteiger partial charge in [0.15, 0.2) is 0 Å². The van der Waals surface area contributed by atoms with Crippen molar-refractivity contribution in [3.05, 3.63) is 56.7 Å². The second-order valence-corrected chi connectivity index (χ2v) is 5.55. The van der Waals surface area contributed by atoms with Crippen LogP contribution in [0.25, 0.3) is 0 Å². The Balaban J connectivity index is 2.30. The number of halogens is 1. The summed E-state index contributed by atoms with van der Waals surface area (Å²) in [6.07, 6.45) is 0. The largest absolute Gasteiger partial charge is 0.508 e. The average Bonchev–Trinajstić information content (AvgIpc) is 2.36. The molecule has 0 saturated heterocycles. The Morgan fingerprint density at radius 2 is 1.84 bits per heavy atom. The molecule has 4 heteroatoms. The summed E-state index contributed by atoms with van der Waals surface area (Å²) in [5.74, 6) is 0.1000. The minimum atomic E-state index is -0.141. The predicted molar refractivity (Wildman–Crippen MR) is 84.7 cm³/mol. The highest BCUT2D eigenvalue weighted by Crippen LogP contribution is 2.25. The van der Waals surface area contributed by atoms with Gasteiger partial charge in [0.25, 0.3) is 5.91 Å². The van der Waals surface area contributed by atoms with Crippen LogP contribution in [-0.2, 0) is 0 Å². The summed E-state index contributed by atoms with van der Waals surface area (Å²) in [5, 5.41) is 12.5. The van der Waals surface area contributed by atoms with Gasteiger partial charge in [0.1, 0.15) is 5.75 Å². The maximum Gasteiger partial charge on any atom is 0.256 e. The van der Waals surface area contributed by atoms with Gasteiger partial charge in [-0.25, -0.2) is 0 Å². The number of aryl methyl sites for hydroxylation is 2. The minimum absolute atomic E-state index is 0.141. The normalized spacial score (nSPS) is 10.3. The number of amides is 1. The number of anilines is 1. The fourth-order valence-electron chi connectivity index (χ4n) is 1.77. The van der Waals surface area contributed by atoms with Gasteiger partial charge in [-0.2, -0.15) is 0 Å². The summed E-state index contributed by atoms with van der Waals surface area (Å²) in [6, 6.07) is 10.9. The molecule has 2 rings (SSSR count). The molecular weight excluding hydrogens is 353 g/mol. The molecule has 0 aromatic heterocycles. The first-order valence-electron chi connectivity index (χ1n) is 5.85. The van der Waals surface area contributed by atoms with Crippen LogP contribution >= 0.6 is 22.6 Å². The third-order valence-corrected chi connectivity index (χ3v) is 3.85. The van der Waals surface area contributed by atoms with Crippen molar-refractivity contribution in [3.63, 3.8) is 0 Å². The molecule has 98 valence electrons. The average molecular weight is 367 g/mol. The molecule has 2 aromatic carbocycles. The van der Waals surface area contributed by atoms with Crippen LogP contribution in [0.15, 0.2) is 36.4 Å². The highest BCUT2D eigenvalue weighted by molar-refractivity contribution is 14.1. The molecule has 0 spiro atoms. The fraction of sp³-hybridized carbons (Fsp3) is 0.133. The molecule has 19 heavy (non-hydrogen) atoms. The summed E-state index contributed by atoms with van der Waals surface area (Å²) < 4.78 is 0.908. The van der Waals surface area contributed by atoms with Gasteiger partial charge in [-0.05, 0) is 71.8 Å². The summed E-state index contributed by atoms with van der Waals surface area (Å²) in [4.78, 5) is 12.2. The van der Waals surface area contributed by atoms with Crippen molar-refractivity contribution in [2.24, 2.45) is 0 Å². The zero-order valence-electron chi connectivity index (χ0n) is 10.7. The van der Waals surface area contributed by atoms with Crippen LogP contribution in [0.1, 0.15) is 21.5 Å². The first-order valence-corrected chi connectivity index (χ1v) is 6.93. The molecule has 0 radical (unpaired) electrons. The van der Waals surface area contributed by atoms with Crippen LogP contribution in [-0.4, -0.2) is 11.0 Å². The Bertz CT molecular complexity index is 638. The molecular formula is C15H14INO2. The van der Waals surface area contributed by atoms with Gasteiger partial charge in [0, 0.05) is 9.26 Å². The van der Waals surface area contributed by atoms with Crippen molar-refractivity contribution < 1.29 is 9.90 Å². The number of hydrogen-bond acceptors (Lipinski definition) is 2. The lowest BCUT2D eigenvalue weighted by molar-refractivity contribution is 0.102. The molecule has 0 aliphatic carbocycles. The zero-order chi connectivity index (χ0) is 14.0. The summed E-state index contributed by atoms with van der Waals surface area (Å²) in [6.45, 7) is 3.65. The van der Waals surface area contributed by atoms with Crippen LogP contribution in [0.5, 0.6) is 5.75 Å². The number of hydrogen-bond donors (Lipinski definition) is 2. The van der Waals surface area contributed by atoms with E-state index in [2.05, 4.69) is 27.9 Å². The van der Waals surface area contributed by atoms with Crippen molar-refractivity contribution in [3.8, 4) is 5.75 Å². The van der Waals surface area contributed by atoms with Crippen molar-refractivity contribution >= 4 is 34.2 Å². The predicted octanol–water partition coefficient (Wildman–Crippen LogP) is 3.87. The maximum absolute atomic E-state index is 12.2. The highest BCUT2D eigenvalue weighted by atomic mass is 127. The SMILES string of the molecule is Cc1cc(NC(=O)c2ccccc2I)c(C)cc1O. The van der Waals surface area contributed by atoms with Crippen LogP contribution in [0.4, 0.5) is 5.69 Å². The minimum Gasteiger partial charge on any atom is -0.508 e. The standard InChI is InChI=1S/C15H14INO2/c1-9-8-14(18)10(2)7-13(9)17-15(19)11-5-3-4-6-12(11)16/h3-8,18H,1-2H3,(H,17,19). The lowest BCUT2D eigenvalue weighted by atomic mass is 10.1. The van der Waals surface area contributed by atoms with Crippen molar-refractivity contribution in [1.82, 2.24) is 0 Å². The van der Waals surface area contributed by atoms with Crippen molar-refractivity contribution in [2.45, 2.75) is 13.8 Å². The van der Waals surface area contributed by atoms with Gasteiger partial charge < -0.3 is 10.4 Å². The Kier molecular flexibility index (Phi) is 4.09. The number of aromatic hydroxyl groups is 1. The Morgan fingerprint density at radius 1 is 1.16 bits per heavy atom. The number of carbonyl (C=O) groups excluding carboxylic acids is 1. The van der Waals surface area contributed by atoms with Gasteiger partial charge in [0.05, 0.1) is 5.56 Å². The lowest BCUT2D eigenvalue weighted by Crippen LogP contribution is -2.14. The Morgan fingerprint density at radius 3 is 2.53 bits per heavy atom. The quantitative estimate of drug-likeness (QED) is 0.626. The molecule has 0 fully saturated rings. The summed E-state index contributed by atoms with van der Waals surface area (Å²) in [5.41, 5.74) is 2.94. The Labute approximate surface area is 125 Å². The van der Waals surface area contributed by atoms with E-state index in [4.69, 9.17) is 0 Å². The van der Waals surface area contributed by atoms with E-state index in [1.165, 1.54) is 0 Å². The molecule has 1 amide bonds. The van der Waals surface area contributed by atoms with Gasteiger partial charge in [-0.3, -0.25) is 4.79 Å². The number of rotatable bonds is 2. The van der Waals surface area contributed by atoms with E-state index in [0.717, 1.165) is 20.4 Å². The van der Waals surface area contributed by atoms with E-state index in [1.54, 1.807) is 25.1 Å². The van der Waals surface area contributed by atoms with Gasteiger partial charge in [-0.15, -0.1) is 0 Å². The fourth-order valence-corrected chi connectivity index (χ4v) is 2.40. The number of carbonyl (C=O) groups is 1. The van der Waals surface area contributed by atoms with Crippen LogP contribution in [0.2, 0.25) is 0 Å². The van der Waals surface area contributed by atoms with E-state index in [9.17, 15) is 9.90 Å². The molecule has 3 nitrogen and oxygen atoms in total. The second kappa shape index (κ2) is 5.61. The number of phenols is 1. The maximum atomic E-state index is 12.2. The second-order valence-electron chi connectivity index (χ2n) is 4.39. The lowest BCUT2D eigenvalue weighted by Gasteiger charge is -2.11. The summed E-state index contributed by atoms with van der Waals surface area (Å²) in [7, 11) is 0. The van der Waals surface area contributed by atoms with E-state index in [-0.39, 0.29) is 11.7 Å². The van der Waals surface area contributed by atoms with Gasteiger partial charge in [0.2, 0.25) is 0 Å². The first kappa shape index (κ1) is 13.9. The molecule has 2 aromatic rings. The molecule has 0 bridgehead atoms. The molecule has 0 unspecified atom stereocenters. The molecule has 0 heterocycles. The van der Waals surface area contributed by atoms with E-state index >= 15 is 0 Å². The summed E-state index contributed by atoms with van der Waals surface area (Å²) >= 11 is 2.14. The van der Waals surface area contributed by atoms with Gasteiger partial charge in [-0.1, -0.05) is 12.1 Å². The molecule has 2 N–H and O–H groups in total. The molecule has 0 aliphatic rings. The van der Waals surface area contributed by atoms with Crippen LogP contribution in [0.3, 0.4) is 0 Å². The number of nitrogens with one attached hydrogen (secondary N) is 1. The molecule has 0 aliphatic heterocycles. The first-order chi connectivity index (χ1) is 8.99. The number of benzene rings is 2. The third kappa shape index (κ3) is 3.07. The van der Waals surface area contributed by atoms with E-state index in [1.807, 2.05) is 25.1 Å². The zero-order valence-corrected chi connectivity index (χ0v) is 12.9. The topological polar surface area (TPSA) is 49.3 Å². The Hall–Kier alpha value is -1.56. The van der Waals surface area contributed by atoms with Gasteiger partial charge >= 0.3 is 0 Å². The molecule has 0 saturated carbocycles. The van der Waals surface area contributed by atoms with E-state index in [0.29, 0.717) is 5.56 Å². The molecule has 0 atom stereocenters. The van der Waals surface area contributed by atoms with Crippen molar-refractivity contribution in [2.75, 3.05) is 5.32 Å². The van der Waals surface area contributed by atoms with E-state index < -0.39 is 0 Å². The third-order valence-electron chi connectivity index (χ3n) is 2.91. The van der Waals surface area contributed by atoms with Crippen LogP contribution in [0, 0.1) is 17.4 Å². The smallest absolute Gasteiger partial charge is 0.256 e.